The molecule has 1 aromatic carbocycles. The number of alkyl halides is 1. The third-order valence-electron chi connectivity index (χ3n) is 2.18. The number of hydrogen-bond acceptors (Lipinski definition) is 2. The molecule has 0 aliphatic heterocycles. The summed E-state index contributed by atoms with van der Waals surface area (Å²) < 4.78 is 5.47. The number of rotatable bonds is 4. The van der Waals surface area contributed by atoms with Gasteiger partial charge in [0.05, 0.1) is 5.88 Å². The fraction of sp³-hybridized carbons (Fsp3) is 0.417. The number of benzene rings is 1. The zero-order chi connectivity index (χ0) is 12.8. The van der Waals surface area contributed by atoms with Crippen LogP contribution in [0.2, 0.25) is 0 Å². The molecule has 0 aromatic heterocycles. The standard InChI is InChI=1S/C12H17ClN2O2/c1-9-4-5-10(14-12(16)15(2)3)8-11(9)17-7-6-13/h4-5,8H,6-7H2,1-3H3,(H,14,16). The molecule has 0 bridgehead atoms. The van der Waals surface area contributed by atoms with Gasteiger partial charge in [0.2, 0.25) is 0 Å². The molecular formula is C12H17ClN2O2. The van der Waals surface area contributed by atoms with Crippen molar-refractivity contribution in [3.8, 4) is 5.75 Å². The first-order valence-electron chi connectivity index (χ1n) is 5.32. The largest absolute Gasteiger partial charge is 0.492 e. The van der Waals surface area contributed by atoms with Crippen molar-refractivity contribution in [2.24, 2.45) is 0 Å². The lowest BCUT2D eigenvalue weighted by molar-refractivity contribution is 0.230. The predicted molar refractivity (Wildman–Crippen MR) is 70.1 cm³/mol. The van der Waals surface area contributed by atoms with Gasteiger partial charge in [-0.2, -0.15) is 0 Å². The average Bonchev–Trinajstić information content (AvgIpc) is 2.29. The van der Waals surface area contributed by atoms with E-state index in [0.29, 0.717) is 18.2 Å². The molecule has 0 aliphatic rings. The van der Waals surface area contributed by atoms with Crippen LogP contribution >= 0.6 is 11.6 Å². The molecule has 0 atom stereocenters. The van der Waals surface area contributed by atoms with Crippen LogP contribution in [-0.4, -0.2) is 37.5 Å². The van der Waals surface area contributed by atoms with Crippen molar-refractivity contribution in [2.45, 2.75) is 6.92 Å². The molecule has 0 aliphatic carbocycles. The van der Waals surface area contributed by atoms with Gasteiger partial charge in [0, 0.05) is 25.8 Å². The molecule has 0 unspecified atom stereocenters. The minimum atomic E-state index is -0.169. The number of nitrogens with one attached hydrogen (secondary N) is 1. The third kappa shape index (κ3) is 4.15. The Morgan fingerprint density at radius 2 is 2.18 bits per heavy atom. The summed E-state index contributed by atoms with van der Waals surface area (Å²) in [5.74, 6) is 1.18. The molecule has 0 saturated carbocycles. The first kappa shape index (κ1) is 13.6. The Kier molecular flexibility index (Phi) is 5.10. The summed E-state index contributed by atoms with van der Waals surface area (Å²) in [6.45, 7) is 2.40. The van der Waals surface area contributed by atoms with Crippen LogP contribution in [0, 0.1) is 6.92 Å². The average molecular weight is 257 g/mol. The number of carbonyl (C=O) groups is 1. The molecule has 1 N–H and O–H groups in total. The smallest absolute Gasteiger partial charge is 0.321 e. The number of halogens is 1. The van der Waals surface area contributed by atoms with Gasteiger partial charge < -0.3 is 15.0 Å². The highest BCUT2D eigenvalue weighted by molar-refractivity contribution is 6.18. The van der Waals surface area contributed by atoms with E-state index in [9.17, 15) is 4.79 Å². The second-order valence-corrected chi connectivity index (χ2v) is 4.22. The molecular weight excluding hydrogens is 240 g/mol. The van der Waals surface area contributed by atoms with Crippen LogP contribution in [0.1, 0.15) is 5.56 Å². The van der Waals surface area contributed by atoms with E-state index in [4.69, 9.17) is 16.3 Å². The number of hydrogen-bond donors (Lipinski definition) is 1. The van der Waals surface area contributed by atoms with Gasteiger partial charge in [0.15, 0.2) is 0 Å². The fourth-order valence-corrected chi connectivity index (χ4v) is 1.29. The van der Waals surface area contributed by atoms with Gasteiger partial charge in [-0.15, -0.1) is 11.6 Å². The predicted octanol–water partition coefficient (Wildman–Crippen LogP) is 2.71. The van der Waals surface area contributed by atoms with Crippen molar-refractivity contribution in [3.63, 3.8) is 0 Å². The lowest BCUT2D eigenvalue weighted by Crippen LogP contribution is -2.27. The molecule has 4 nitrogen and oxygen atoms in total. The molecule has 0 heterocycles. The Morgan fingerprint density at radius 1 is 1.47 bits per heavy atom. The molecule has 17 heavy (non-hydrogen) atoms. The van der Waals surface area contributed by atoms with Gasteiger partial charge >= 0.3 is 6.03 Å². The summed E-state index contributed by atoms with van der Waals surface area (Å²) in [6, 6.07) is 5.36. The van der Waals surface area contributed by atoms with Crippen molar-refractivity contribution in [2.75, 3.05) is 31.9 Å². The lowest BCUT2D eigenvalue weighted by atomic mass is 10.2. The van der Waals surface area contributed by atoms with Gasteiger partial charge in [-0.25, -0.2) is 4.79 Å². The first-order valence-corrected chi connectivity index (χ1v) is 5.85. The maximum Gasteiger partial charge on any atom is 0.321 e. The second kappa shape index (κ2) is 6.35. The van der Waals surface area contributed by atoms with Crippen LogP contribution in [-0.2, 0) is 0 Å². The molecule has 1 aromatic rings. The van der Waals surface area contributed by atoms with Crippen LogP contribution in [0.5, 0.6) is 5.75 Å². The summed E-state index contributed by atoms with van der Waals surface area (Å²) in [4.78, 5) is 12.9. The molecule has 94 valence electrons. The van der Waals surface area contributed by atoms with Gasteiger partial charge in [-0.3, -0.25) is 0 Å². The van der Waals surface area contributed by atoms with E-state index in [2.05, 4.69) is 5.32 Å². The highest BCUT2D eigenvalue weighted by atomic mass is 35.5. The first-order chi connectivity index (χ1) is 8.04. The van der Waals surface area contributed by atoms with Crippen LogP contribution < -0.4 is 10.1 Å². The van der Waals surface area contributed by atoms with Gasteiger partial charge in [-0.1, -0.05) is 6.07 Å². The summed E-state index contributed by atoms with van der Waals surface area (Å²) in [5.41, 5.74) is 1.72. The van der Waals surface area contributed by atoms with Crippen molar-refractivity contribution in [1.29, 1.82) is 0 Å². The Bertz CT molecular complexity index is 394. The normalized spacial score (nSPS) is 9.88. The quantitative estimate of drug-likeness (QED) is 0.842. The number of ether oxygens (including phenoxy) is 1. The Labute approximate surface area is 107 Å². The minimum absolute atomic E-state index is 0.169. The van der Waals surface area contributed by atoms with Crippen molar-refractivity contribution in [3.05, 3.63) is 23.8 Å². The van der Waals surface area contributed by atoms with Crippen molar-refractivity contribution >= 4 is 23.3 Å². The third-order valence-corrected chi connectivity index (χ3v) is 2.33. The molecule has 0 spiro atoms. The Morgan fingerprint density at radius 3 is 2.76 bits per heavy atom. The molecule has 2 amide bonds. The Hall–Kier alpha value is -1.42. The van der Waals surface area contributed by atoms with E-state index in [1.54, 1.807) is 20.2 Å². The number of anilines is 1. The monoisotopic (exact) mass is 256 g/mol. The fourth-order valence-electron chi connectivity index (χ4n) is 1.22. The zero-order valence-corrected chi connectivity index (χ0v) is 11.0. The molecule has 0 radical (unpaired) electrons. The van der Waals surface area contributed by atoms with Gasteiger partial charge in [-0.05, 0) is 18.6 Å². The van der Waals surface area contributed by atoms with Crippen LogP contribution in [0.3, 0.4) is 0 Å². The number of urea groups is 1. The van der Waals surface area contributed by atoms with Crippen LogP contribution in [0.4, 0.5) is 10.5 Å². The topological polar surface area (TPSA) is 41.6 Å². The van der Waals surface area contributed by atoms with E-state index in [1.807, 2.05) is 19.1 Å². The van der Waals surface area contributed by atoms with Gasteiger partial charge in [0.25, 0.3) is 0 Å². The van der Waals surface area contributed by atoms with E-state index >= 15 is 0 Å². The maximum atomic E-state index is 11.5. The second-order valence-electron chi connectivity index (χ2n) is 3.84. The summed E-state index contributed by atoms with van der Waals surface area (Å²) in [7, 11) is 3.38. The number of carbonyl (C=O) groups excluding carboxylic acids is 1. The molecule has 0 saturated heterocycles. The lowest BCUT2D eigenvalue weighted by Gasteiger charge is -2.14. The summed E-state index contributed by atoms with van der Waals surface area (Å²) in [6.07, 6.45) is 0. The van der Waals surface area contributed by atoms with Crippen LogP contribution in [0.15, 0.2) is 18.2 Å². The highest BCUT2D eigenvalue weighted by Gasteiger charge is 2.06. The number of aryl methyl sites for hydroxylation is 1. The minimum Gasteiger partial charge on any atom is -0.492 e. The summed E-state index contributed by atoms with van der Waals surface area (Å²) >= 11 is 5.57. The van der Waals surface area contributed by atoms with Crippen LogP contribution in [0.25, 0.3) is 0 Å². The highest BCUT2D eigenvalue weighted by Crippen LogP contribution is 2.22. The number of nitrogens with zero attached hydrogens (tertiary/aromatic N) is 1. The SMILES string of the molecule is Cc1ccc(NC(=O)N(C)C)cc1OCCCl. The Balaban J connectivity index is 2.77. The van der Waals surface area contributed by atoms with Gasteiger partial charge in [0.1, 0.15) is 12.4 Å². The van der Waals surface area contributed by atoms with Crippen molar-refractivity contribution < 1.29 is 9.53 Å². The molecule has 0 fully saturated rings. The molecule has 5 heteroatoms. The van der Waals surface area contributed by atoms with E-state index in [0.717, 1.165) is 11.3 Å². The van der Waals surface area contributed by atoms with E-state index in [1.165, 1.54) is 4.90 Å². The summed E-state index contributed by atoms with van der Waals surface area (Å²) in [5, 5.41) is 2.76. The van der Waals surface area contributed by atoms with E-state index < -0.39 is 0 Å². The molecule has 1 rings (SSSR count). The van der Waals surface area contributed by atoms with Crippen molar-refractivity contribution in [1.82, 2.24) is 4.90 Å². The van der Waals surface area contributed by atoms with E-state index in [-0.39, 0.29) is 6.03 Å². The zero-order valence-electron chi connectivity index (χ0n) is 10.3. The number of amides is 2. The maximum absolute atomic E-state index is 11.5.